The van der Waals surface area contributed by atoms with Crippen LogP contribution < -0.4 is 0 Å². The van der Waals surface area contributed by atoms with Crippen molar-refractivity contribution in [3.05, 3.63) is 0 Å². The van der Waals surface area contributed by atoms with Crippen molar-refractivity contribution in [3.8, 4) is 0 Å². The van der Waals surface area contributed by atoms with E-state index < -0.39 is 23.7 Å². The SMILES string of the molecule is CC(=O)N(C1CCCCC1)[C@@H]1C[C@@H](C(=O)O)N(C(=O)OC(C)(C)C)C1. The van der Waals surface area contributed by atoms with Gasteiger partial charge >= 0.3 is 12.1 Å². The van der Waals surface area contributed by atoms with Crippen molar-refractivity contribution in [1.29, 1.82) is 0 Å². The highest BCUT2D eigenvalue weighted by Gasteiger charge is 2.45. The number of rotatable bonds is 3. The third-order valence-corrected chi connectivity index (χ3v) is 4.92. The Labute approximate surface area is 149 Å². The molecule has 2 fully saturated rings. The molecule has 0 aromatic rings. The number of nitrogens with zero attached hydrogens (tertiary/aromatic N) is 2. The minimum absolute atomic E-state index is 0.0490. The lowest BCUT2D eigenvalue weighted by molar-refractivity contribution is -0.142. The predicted molar refractivity (Wildman–Crippen MR) is 92.2 cm³/mol. The van der Waals surface area contributed by atoms with Crippen LogP contribution in [-0.2, 0) is 14.3 Å². The average Bonchev–Trinajstić information content (AvgIpc) is 2.91. The third kappa shape index (κ3) is 4.86. The van der Waals surface area contributed by atoms with E-state index in [-0.39, 0.29) is 31.0 Å². The van der Waals surface area contributed by atoms with Gasteiger partial charge in [0.1, 0.15) is 11.6 Å². The van der Waals surface area contributed by atoms with Crippen LogP contribution in [0.3, 0.4) is 0 Å². The Hall–Kier alpha value is -1.79. The fourth-order valence-corrected chi connectivity index (χ4v) is 3.94. The third-order valence-electron chi connectivity index (χ3n) is 4.92. The first-order valence-corrected chi connectivity index (χ1v) is 9.11. The smallest absolute Gasteiger partial charge is 0.411 e. The van der Waals surface area contributed by atoms with Crippen molar-refractivity contribution in [2.75, 3.05) is 6.54 Å². The zero-order valence-corrected chi connectivity index (χ0v) is 15.7. The Balaban J connectivity index is 2.17. The summed E-state index contributed by atoms with van der Waals surface area (Å²) in [4.78, 5) is 39.4. The number of ether oxygens (including phenoxy) is 1. The minimum Gasteiger partial charge on any atom is -0.480 e. The molecule has 0 spiro atoms. The zero-order valence-electron chi connectivity index (χ0n) is 15.7. The highest BCUT2D eigenvalue weighted by molar-refractivity contribution is 5.82. The molecule has 1 saturated carbocycles. The van der Waals surface area contributed by atoms with Gasteiger partial charge in [-0.2, -0.15) is 0 Å². The fourth-order valence-electron chi connectivity index (χ4n) is 3.94. The van der Waals surface area contributed by atoms with Crippen LogP contribution in [0.1, 0.15) is 66.2 Å². The van der Waals surface area contributed by atoms with E-state index in [0.29, 0.717) is 0 Å². The van der Waals surface area contributed by atoms with E-state index in [4.69, 9.17) is 4.74 Å². The number of amides is 2. The predicted octanol–water partition coefficient (Wildman–Crippen LogP) is 2.63. The van der Waals surface area contributed by atoms with Gasteiger partial charge in [-0.25, -0.2) is 9.59 Å². The summed E-state index contributed by atoms with van der Waals surface area (Å²) >= 11 is 0. The normalized spacial score (nSPS) is 24.9. The topological polar surface area (TPSA) is 87.2 Å². The van der Waals surface area contributed by atoms with Crippen LogP contribution >= 0.6 is 0 Å². The van der Waals surface area contributed by atoms with Crippen molar-refractivity contribution in [3.63, 3.8) is 0 Å². The fraction of sp³-hybridized carbons (Fsp3) is 0.833. The molecule has 0 aromatic heterocycles. The first kappa shape index (κ1) is 19.5. The number of likely N-dealkylation sites (tertiary alicyclic amines) is 1. The van der Waals surface area contributed by atoms with Crippen LogP contribution in [0.15, 0.2) is 0 Å². The van der Waals surface area contributed by atoms with Gasteiger partial charge in [0.25, 0.3) is 0 Å². The second-order valence-corrected chi connectivity index (χ2v) is 8.09. The van der Waals surface area contributed by atoms with Gasteiger partial charge in [-0.05, 0) is 33.6 Å². The summed E-state index contributed by atoms with van der Waals surface area (Å²) in [5.41, 5.74) is -0.693. The molecule has 7 nitrogen and oxygen atoms in total. The van der Waals surface area contributed by atoms with Crippen LogP contribution in [0.5, 0.6) is 0 Å². The molecule has 0 bridgehead atoms. The van der Waals surface area contributed by atoms with Crippen molar-refractivity contribution < 1.29 is 24.2 Å². The molecule has 2 amide bonds. The van der Waals surface area contributed by atoms with Crippen molar-refractivity contribution in [2.45, 2.75) is 89.9 Å². The van der Waals surface area contributed by atoms with Crippen LogP contribution in [0.2, 0.25) is 0 Å². The van der Waals surface area contributed by atoms with Gasteiger partial charge in [0, 0.05) is 25.9 Å². The number of hydrogen-bond donors (Lipinski definition) is 1. The van der Waals surface area contributed by atoms with Gasteiger partial charge in [-0.15, -0.1) is 0 Å². The average molecular weight is 354 g/mol. The molecule has 142 valence electrons. The lowest BCUT2D eigenvalue weighted by Gasteiger charge is -2.38. The molecule has 0 radical (unpaired) electrons. The summed E-state index contributed by atoms with van der Waals surface area (Å²) in [6, 6.07) is -1.08. The maximum atomic E-state index is 12.4. The summed E-state index contributed by atoms with van der Waals surface area (Å²) in [5, 5.41) is 9.53. The van der Waals surface area contributed by atoms with Gasteiger partial charge < -0.3 is 14.7 Å². The standard InChI is InChI=1S/C18H30N2O5/c1-12(21)20(13-8-6-5-7-9-13)14-10-15(16(22)23)19(11-14)17(24)25-18(2,3)4/h13-15H,5-11H2,1-4H3,(H,22,23)/t14-,15+/m1/s1. The van der Waals surface area contributed by atoms with Gasteiger partial charge in [-0.1, -0.05) is 19.3 Å². The summed E-state index contributed by atoms with van der Waals surface area (Å²) in [7, 11) is 0. The molecule has 1 aliphatic carbocycles. The molecule has 7 heteroatoms. The first-order valence-electron chi connectivity index (χ1n) is 9.11. The number of carboxylic acids is 1. The Morgan fingerprint density at radius 1 is 1.08 bits per heavy atom. The maximum absolute atomic E-state index is 12.4. The van der Waals surface area contributed by atoms with E-state index in [9.17, 15) is 19.5 Å². The molecule has 2 rings (SSSR count). The van der Waals surface area contributed by atoms with E-state index in [1.54, 1.807) is 20.8 Å². The summed E-state index contributed by atoms with van der Waals surface area (Å²) in [6.07, 6.45) is 4.85. The maximum Gasteiger partial charge on any atom is 0.411 e. The number of carboxylic acid groups (broad SMARTS) is 1. The molecular formula is C18H30N2O5. The number of hydrogen-bond acceptors (Lipinski definition) is 4. The molecule has 25 heavy (non-hydrogen) atoms. The van der Waals surface area contributed by atoms with Crippen molar-refractivity contribution >= 4 is 18.0 Å². The van der Waals surface area contributed by atoms with Gasteiger partial charge in [0.2, 0.25) is 5.91 Å². The summed E-state index contributed by atoms with van der Waals surface area (Å²) in [6.45, 7) is 6.98. The largest absolute Gasteiger partial charge is 0.480 e. The summed E-state index contributed by atoms with van der Waals surface area (Å²) < 4.78 is 5.36. The molecule has 0 aromatic carbocycles. The van der Waals surface area contributed by atoms with Crippen LogP contribution in [0.4, 0.5) is 4.79 Å². The van der Waals surface area contributed by atoms with Crippen LogP contribution in [0, 0.1) is 0 Å². The molecule has 1 saturated heterocycles. The monoisotopic (exact) mass is 354 g/mol. The molecule has 2 atom stereocenters. The van der Waals surface area contributed by atoms with Gasteiger partial charge in [0.05, 0.1) is 6.04 Å². The van der Waals surface area contributed by atoms with Crippen molar-refractivity contribution in [1.82, 2.24) is 9.80 Å². The Bertz CT molecular complexity index is 522. The summed E-state index contributed by atoms with van der Waals surface area (Å²) in [5.74, 6) is -1.10. The van der Waals surface area contributed by atoms with Crippen molar-refractivity contribution in [2.24, 2.45) is 0 Å². The molecule has 1 N–H and O–H groups in total. The molecule has 0 unspecified atom stereocenters. The van der Waals surface area contributed by atoms with Crippen LogP contribution in [0.25, 0.3) is 0 Å². The van der Waals surface area contributed by atoms with E-state index in [0.717, 1.165) is 25.7 Å². The second kappa shape index (κ2) is 7.62. The highest BCUT2D eigenvalue weighted by atomic mass is 16.6. The van der Waals surface area contributed by atoms with E-state index in [1.807, 2.05) is 4.90 Å². The van der Waals surface area contributed by atoms with Gasteiger partial charge in [0.15, 0.2) is 0 Å². The molecule has 2 aliphatic rings. The highest BCUT2D eigenvalue weighted by Crippen LogP contribution is 2.30. The lowest BCUT2D eigenvalue weighted by Crippen LogP contribution is -2.48. The lowest BCUT2D eigenvalue weighted by atomic mass is 9.92. The van der Waals surface area contributed by atoms with Gasteiger partial charge in [-0.3, -0.25) is 9.69 Å². The van der Waals surface area contributed by atoms with E-state index in [2.05, 4.69) is 0 Å². The quantitative estimate of drug-likeness (QED) is 0.842. The number of carbonyl (C=O) groups is 3. The first-order chi connectivity index (χ1) is 11.6. The van der Waals surface area contributed by atoms with E-state index in [1.165, 1.54) is 18.2 Å². The molecule has 1 aliphatic heterocycles. The van der Waals surface area contributed by atoms with E-state index >= 15 is 0 Å². The minimum atomic E-state index is -1.06. The molecular weight excluding hydrogens is 324 g/mol. The zero-order chi connectivity index (χ0) is 18.8. The Morgan fingerprint density at radius 3 is 2.16 bits per heavy atom. The Kier molecular flexibility index (Phi) is 5.95. The number of carbonyl (C=O) groups excluding carboxylic acids is 2. The molecule has 1 heterocycles. The van der Waals surface area contributed by atoms with Crippen LogP contribution in [-0.4, -0.2) is 63.1 Å². The second-order valence-electron chi connectivity index (χ2n) is 8.09. The number of aliphatic carboxylic acids is 1. The Morgan fingerprint density at radius 2 is 1.68 bits per heavy atom.